The van der Waals surface area contributed by atoms with Crippen LogP contribution in [-0.4, -0.2) is 23.4 Å². The molecule has 0 aliphatic rings. The van der Waals surface area contributed by atoms with Gasteiger partial charge in [0.2, 0.25) is 5.91 Å². The number of nitrogens with one attached hydrogen (secondary N) is 3. The second-order valence-electron chi connectivity index (χ2n) is 8.60. The summed E-state index contributed by atoms with van der Waals surface area (Å²) in [6.07, 6.45) is 0. The minimum Gasteiger partial charge on any atom is -0.494 e. The van der Waals surface area contributed by atoms with Gasteiger partial charge in [0.25, 0.3) is 0 Å². The molecule has 198 valence electrons. The van der Waals surface area contributed by atoms with E-state index in [4.69, 9.17) is 17.0 Å². The molecular formula is C31H29N3O3S2. The molecule has 0 saturated carbocycles. The lowest BCUT2D eigenvalue weighted by Gasteiger charge is -2.18. The van der Waals surface area contributed by atoms with E-state index in [0.717, 1.165) is 27.6 Å². The Kier molecular flexibility index (Phi) is 9.72. The summed E-state index contributed by atoms with van der Waals surface area (Å²) in [7, 11) is 0. The molecule has 0 bridgehead atoms. The number of benzene rings is 4. The predicted octanol–water partition coefficient (Wildman–Crippen LogP) is 7.57. The van der Waals surface area contributed by atoms with Gasteiger partial charge in [-0.3, -0.25) is 9.59 Å². The number of ether oxygens (including phenoxy) is 1. The Morgan fingerprint density at radius 1 is 0.795 bits per heavy atom. The van der Waals surface area contributed by atoms with Gasteiger partial charge in [0.1, 0.15) is 11.0 Å². The molecule has 4 rings (SSSR count). The smallest absolute Gasteiger partial charge is 0.242 e. The largest absolute Gasteiger partial charge is 0.494 e. The summed E-state index contributed by atoms with van der Waals surface area (Å²) in [5.74, 6) is 0.646. The molecule has 0 fully saturated rings. The van der Waals surface area contributed by atoms with Crippen molar-refractivity contribution >= 4 is 57.8 Å². The lowest BCUT2D eigenvalue weighted by Crippen LogP contribution is -2.19. The zero-order chi connectivity index (χ0) is 27.6. The molecule has 1 amide bonds. The van der Waals surface area contributed by atoms with E-state index >= 15 is 0 Å². The quantitative estimate of drug-likeness (QED) is 0.106. The van der Waals surface area contributed by atoms with Crippen LogP contribution in [0, 0.1) is 0 Å². The van der Waals surface area contributed by atoms with Crippen LogP contribution in [-0.2, 0) is 4.79 Å². The highest BCUT2D eigenvalue weighted by atomic mass is 32.2. The molecular weight excluding hydrogens is 526 g/mol. The van der Waals surface area contributed by atoms with Crippen molar-refractivity contribution in [1.29, 1.82) is 0 Å². The van der Waals surface area contributed by atoms with Crippen LogP contribution in [0.1, 0.15) is 35.0 Å². The molecule has 0 spiro atoms. The van der Waals surface area contributed by atoms with Crippen molar-refractivity contribution in [3.8, 4) is 5.75 Å². The summed E-state index contributed by atoms with van der Waals surface area (Å²) < 4.78 is 5.50. The standard InChI is InChI=1S/C31H29N3O3S2/c1-3-37-27-18-16-24(17-19-27)32-30(36)29(23-8-5-4-6-9-23)39-28-11-7-10-26(20-28)34-31(38)33-25-14-12-22(13-15-25)21(2)35/h4-20,29H,3H2,1-2H3,(H,32,36)(H2,33,34,38). The number of ketones is 1. The highest BCUT2D eigenvalue weighted by molar-refractivity contribution is 8.00. The van der Waals surface area contributed by atoms with E-state index in [1.807, 2.05) is 97.9 Å². The van der Waals surface area contributed by atoms with Crippen LogP contribution in [0.5, 0.6) is 5.75 Å². The van der Waals surface area contributed by atoms with Crippen LogP contribution in [0.25, 0.3) is 0 Å². The molecule has 0 radical (unpaired) electrons. The van der Waals surface area contributed by atoms with Gasteiger partial charge in [0.15, 0.2) is 10.9 Å². The first-order chi connectivity index (χ1) is 18.9. The molecule has 0 heterocycles. The summed E-state index contributed by atoms with van der Waals surface area (Å²) in [5, 5.41) is 9.30. The zero-order valence-corrected chi connectivity index (χ0v) is 23.3. The Morgan fingerprint density at radius 3 is 2.10 bits per heavy atom. The topological polar surface area (TPSA) is 79.5 Å². The summed E-state index contributed by atoms with van der Waals surface area (Å²) in [6, 6.07) is 31.9. The van der Waals surface area contributed by atoms with Crippen molar-refractivity contribution in [2.75, 3.05) is 22.6 Å². The van der Waals surface area contributed by atoms with Crippen molar-refractivity contribution < 1.29 is 14.3 Å². The maximum atomic E-state index is 13.4. The van der Waals surface area contributed by atoms with E-state index in [1.165, 1.54) is 18.7 Å². The molecule has 39 heavy (non-hydrogen) atoms. The molecule has 0 aliphatic carbocycles. The molecule has 8 heteroatoms. The molecule has 3 N–H and O–H groups in total. The van der Waals surface area contributed by atoms with Crippen LogP contribution >= 0.6 is 24.0 Å². The van der Waals surface area contributed by atoms with E-state index in [9.17, 15) is 9.59 Å². The van der Waals surface area contributed by atoms with Crippen LogP contribution < -0.4 is 20.7 Å². The normalized spacial score (nSPS) is 11.2. The number of Topliss-reactive ketones (excluding diaryl/α,β-unsaturated/α-hetero) is 1. The monoisotopic (exact) mass is 555 g/mol. The van der Waals surface area contributed by atoms with E-state index in [0.29, 0.717) is 23.0 Å². The van der Waals surface area contributed by atoms with E-state index in [1.54, 1.807) is 12.1 Å². The van der Waals surface area contributed by atoms with Gasteiger partial charge in [0.05, 0.1) is 6.61 Å². The van der Waals surface area contributed by atoms with Crippen LogP contribution in [0.3, 0.4) is 0 Å². The molecule has 0 saturated heterocycles. The molecule has 1 unspecified atom stereocenters. The Morgan fingerprint density at radius 2 is 1.44 bits per heavy atom. The van der Waals surface area contributed by atoms with Crippen molar-refractivity contribution in [3.63, 3.8) is 0 Å². The molecule has 6 nitrogen and oxygen atoms in total. The highest BCUT2D eigenvalue weighted by Crippen LogP contribution is 2.37. The van der Waals surface area contributed by atoms with Gasteiger partial charge in [0, 0.05) is 27.5 Å². The Labute approximate surface area is 238 Å². The number of hydrogen-bond donors (Lipinski definition) is 3. The summed E-state index contributed by atoms with van der Waals surface area (Å²) in [4.78, 5) is 25.8. The van der Waals surface area contributed by atoms with Crippen molar-refractivity contribution in [1.82, 2.24) is 0 Å². The van der Waals surface area contributed by atoms with Crippen molar-refractivity contribution in [2.24, 2.45) is 0 Å². The van der Waals surface area contributed by atoms with E-state index < -0.39 is 5.25 Å². The lowest BCUT2D eigenvalue weighted by molar-refractivity contribution is -0.115. The number of rotatable bonds is 10. The summed E-state index contributed by atoms with van der Waals surface area (Å²) >= 11 is 6.94. The van der Waals surface area contributed by atoms with Crippen LogP contribution in [0.15, 0.2) is 108 Å². The number of hydrogen-bond acceptors (Lipinski definition) is 5. The summed E-state index contributed by atoms with van der Waals surface area (Å²) in [6.45, 7) is 4.05. The second-order valence-corrected chi connectivity index (χ2v) is 10.2. The highest BCUT2D eigenvalue weighted by Gasteiger charge is 2.22. The van der Waals surface area contributed by atoms with E-state index in [2.05, 4.69) is 16.0 Å². The van der Waals surface area contributed by atoms with Crippen LogP contribution in [0.4, 0.5) is 17.1 Å². The average Bonchev–Trinajstić information content (AvgIpc) is 2.94. The fourth-order valence-electron chi connectivity index (χ4n) is 3.77. The predicted molar refractivity (Wildman–Crippen MR) is 164 cm³/mol. The number of carbonyl (C=O) groups excluding carboxylic acids is 2. The Hall–Kier alpha value is -4.14. The van der Waals surface area contributed by atoms with Gasteiger partial charge in [-0.15, -0.1) is 11.8 Å². The lowest BCUT2D eigenvalue weighted by atomic mass is 10.1. The number of carbonyl (C=O) groups is 2. The Balaban J connectivity index is 1.45. The molecule has 4 aromatic carbocycles. The van der Waals surface area contributed by atoms with Gasteiger partial charge in [-0.25, -0.2) is 0 Å². The molecule has 0 aliphatic heterocycles. The van der Waals surface area contributed by atoms with Gasteiger partial charge in [-0.2, -0.15) is 0 Å². The SMILES string of the molecule is CCOc1ccc(NC(=O)C(Sc2cccc(NC(=S)Nc3ccc(C(C)=O)cc3)c2)c2ccccc2)cc1. The number of thioether (sulfide) groups is 1. The number of thiocarbonyl (C=S) groups is 1. The minimum atomic E-state index is -0.474. The third kappa shape index (κ3) is 8.17. The third-order valence-corrected chi connectivity index (χ3v) is 7.12. The molecule has 1 atom stereocenters. The minimum absolute atomic E-state index is 0.0125. The van der Waals surface area contributed by atoms with Crippen molar-refractivity contribution in [3.05, 3.63) is 114 Å². The van der Waals surface area contributed by atoms with Crippen molar-refractivity contribution in [2.45, 2.75) is 24.0 Å². The fourth-order valence-corrected chi connectivity index (χ4v) is 5.09. The zero-order valence-electron chi connectivity index (χ0n) is 21.6. The van der Waals surface area contributed by atoms with Gasteiger partial charge in [-0.1, -0.05) is 36.4 Å². The van der Waals surface area contributed by atoms with Gasteiger partial charge < -0.3 is 20.7 Å². The van der Waals surface area contributed by atoms with Gasteiger partial charge >= 0.3 is 0 Å². The Bertz CT molecular complexity index is 1430. The maximum Gasteiger partial charge on any atom is 0.242 e. The summed E-state index contributed by atoms with van der Waals surface area (Å²) in [5.41, 5.74) is 3.81. The van der Waals surface area contributed by atoms with Gasteiger partial charge in [-0.05, 0) is 98.4 Å². The average molecular weight is 556 g/mol. The first-order valence-electron chi connectivity index (χ1n) is 12.5. The number of amides is 1. The third-order valence-electron chi connectivity index (χ3n) is 5.67. The first kappa shape index (κ1) is 27.9. The maximum absolute atomic E-state index is 13.4. The number of anilines is 3. The van der Waals surface area contributed by atoms with Crippen LogP contribution in [0.2, 0.25) is 0 Å². The second kappa shape index (κ2) is 13.6. The fraction of sp³-hybridized carbons (Fsp3) is 0.129. The molecule has 0 aromatic heterocycles. The molecule has 4 aromatic rings. The first-order valence-corrected chi connectivity index (χ1v) is 13.7. The van der Waals surface area contributed by atoms with E-state index in [-0.39, 0.29) is 11.7 Å².